The first-order chi connectivity index (χ1) is 5.49. The van der Waals surface area contributed by atoms with Gasteiger partial charge in [0, 0.05) is 6.61 Å². The lowest BCUT2D eigenvalue weighted by Crippen LogP contribution is -2.43. The van der Waals surface area contributed by atoms with Crippen LogP contribution in [0.4, 0.5) is 0 Å². The smallest absolute Gasteiger partial charge is 0.0569 e. The summed E-state index contributed by atoms with van der Waals surface area (Å²) in [4.78, 5) is 0. The molecule has 0 radical (unpaired) electrons. The maximum Gasteiger partial charge on any atom is 0.0569 e. The highest BCUT2D eigenvalue weighted by Crippen LogP contribution is 2.43. The van der Waals surface area contributed by atoms with E-state index in [0.717, 1.165) is 12.8 Å². The van der Waals surface area contributed by atoms with Crippen molar-refractivity contribution in [2.75, 3.05) is 6.61 Å². The average molecular weight is 172 g/mol. The Morgan fingerprint density at radius 1 is 1.42 bits per heavy atom. The SMILES string of the molecule is CC1C(O)CCC(C)(C)C1CO. The molecule has 1 saturated carbocycles. The summed E-state index contributed by atoms with van der Waals surface area (Å²) in [5.74, 6) is 0.486. The maximum absolute atomic E-state index is 9.60. The molecule has 0 saturated heterocycles. The van der Waals surface area contributed by atoms with E-state index in [4.69, 9.17) is 0 Å². The van der Waals surface area contributed by atoms with E-state index >= 15 is 0 Å². The van der Waals surface area contributed by atoms with Gasteiger partial charge >= 0.3 is 0 Å². The average Bonchev–Trinajstić information content (AvgIpc) is 1.99. The molecule has 3 unspecified atom stereocenters. The molecule has 0 heterocycles. The number of hydrogen-bond donors (Lipinski definition) is 2. The molecular formula is C10H20O2. The summed E-state index contributed by atoms with van der Waals surface area (Å²) in [7, 11) is 0. The van der Waals surface area contributed by atoms with Crippen LogP contribution in [-0.4, -0.2) is 22.9 Å². The van der Waals surface area contributed by atoms with Gasteiger partial charge in [0.25, 0.3) is 0 Å². The standard InChI is InChI=1S/C10H20O2/c1-7-8(6-11)10(2,3)5-4-9(7)12/h7-9,11-12H,4-6H2,1-3H3. The summed E-state index contributed by atoms with van der Waals surface area (Å²) in [6.07, 6.45) is 1.68. The summed E-state index contributed by atoms with van der Waals surface area (Å²) in [6.45, 7) is 6.59. The van der Waals surface area contributed by atoms with Crippen LogP contribution in [0.1, 0.15) is 33.6 Å². The Bertz CT molecular complexity index is 154. The molecule has 72 valence electrons. The predicted octanol–water partition coefficient (Wildman–Crippen LogP) is 1.41. The summed E-state index contributed by atoms with van der Waals surface area (Å²) < 4.78 is 0. The molecule has 1 fully saturated rings. The fraction of sp³-hybridized carbons (Fsp3) is 1.00. The van der Waals surface area contributed by atoms with Crippen molar-refractivity contribution in [1.29, 1.82) is 0 Å². The second-order valence-corrected chi connectivity index (χ2v) is 4.74. The van der Waals surface area contributed by atoms with Crippen LogP contribution in [0.5, 0.6) is 0 Å². The molecule has 0 aromatic heterocycles. The van der Waals surface area contributed by atoms with Gasteiger partial charge in [-0.25, -0.2) is 0 Å². The minimum atomic E-state index is -0.213. The first kappa shape index (κ1) is 10.0. The van der Waals surface area contributed by atoms with Crippen molar-refractivity contribution >= 4 is 0 Å². The van der Waals surface area contributed by atoms with Crippen LogP contribution in [0.25, 0.3) is 0 Å². The Labute approximate surface area is 74.6 Å². The van der Waals surface area contributed by atoms with Gasteiger partial charge in [-0.05, 0) is 30.1 Å². The van der Waals surface area contributed by atoms with Crippen molar-refractivity contribution in [3.8, 4) is 0 Å². The highest BCUT2D eigenvalue weighted by atomic mass is 16.3. The monoisotopic (exact) mass is 172 g/mol. The first-order valence-electron chi connectivity index (χ1n) is 4.78. The number of hydrogen-bond acceptors (Lipinski definition) is 2. The van der Waals surface area contributed by atoms with Crippen LogP contribution in [-0.2, 0) is 0 Å². The minimum absolute atomic E-state index is 0.188. The number of aliphatic hydroxyl groups is 2. The van der Waals surface area contributed by atoms with Gasteiger partial charge in [0.15, 0.2) is 0 Å². The Hall–Kier alpha value is -0.0800. The highest BCUT2D eigenvalue weighted by molar-refractivity contribution is 4.90. The maximum atomic E-state index is 9.60. The van der Waals surface area contributed by atoms with Crippen LogP contribution in [0.15, 0.2) is 0 Å². The van der Waals surface area contributed by atoms with Crippen LogP contribution in [0.2, 0.25) is 0 Å². The van der Waals surface area contributed by atoms with Gasteiger partial charge in [-0.3, -0.25) is 0 Å². The first-order valence-corrected chi connectivity index (χ1v) is 4.78. The van der Waals surface area contributed by atoms with E-state index in [9.17, 15) is 10.2 Å². The van der Waals surface area contributed by atoms with E-state index in [2.05, 4.69) is 13.8 Å². The molecule has 1 aliphatic rings. The Kier molecular flexibility index (Phi) is 2.79. The number of aliphatic hydroxyl groups excluding tert-OH is 2. The second-order valence-electron chi connectivity index (χ2n) is 4.74. The molecule has 0 spiro atoms. The topological polar surface area (TPSA) is 40.5 Å². The predicted molar refractivity (Wildman–Crippen MR) is 48.8 cm³/mol. The molecule has 0 bridgehead atoms. The normalized spacial score (nSPS) is 41.2. The Morgan fingerprint density at radius 2 is 2.00 bits per heavy atom. The lowest BCUT2D eigenvalue weighted by Gasteiger charge is -2.44. The summed E-state index contributed by atoms with van der Waals surface area (Å²) >= 11 is 0. The van der Waals surface area contributed by atoms with Crippen LogP contribution >= 0.6 is 0 Å². The molecule has 2 heteroatoms. The third kappa shape index (κ3) is 1.64. The molecular weight excluding hydrogens is 152 g/mol. The second kappa shape index (κ2) is 3.35. The highest BCUT2D eigenvalue weighted by Gasteiger charge is 2.40. The lowest BCUT2D eigenvalue weighted by molar-refractivity contribution is -0.0473. The van der Waals surface area contributed by atoms with Gasteiger partial charge in [-0.15, -0.1) is 0 Å². The zero-order valence-electron chi connectivity index (χ0n) is 8.25. The Morgan fingerprint density at radius 3 is 2.42 bits per heavy atom. The van der Waals surface area contributed by atoms with Gasteiger partial charge in [0.1, 0.15) is 0 Å². The largest absolute Gasteiger partial charge is 0.396 e. The lowest BCUT2D eigenvalue weighted by atomic mass is 9.63. The molecule has 0 aromatic rings. The van der Waals surface area contributed by atoms with Crippen molar-refractivity contribution in [1.82, 2.24) is 0 Å². The van der Waals surface area contributed by atoms with Crippen molar-refractivity contribution in [2.45, 2.75) is 39.7 Å². The molecule has 0 amide bonds. The van der Waals surface area contributed by atoms with Crippen molar-refractivity contribution in [2.24, 2.45) is 17.3 Å². The summed E-state index contributed by atoms with van der Waals surface area (Å²) in [6, 6.07) is 0. The number of rotatable bonds is 1. The molecule has 12 heavy (non-hydrogen) atoms. The van der Waals surface area contributed by atoms with E-state index in [1.807, 2.05) is 6.92 Å². The minimum Gasteiger partial charge on any atom is -0.396 e. The van der Waals surface area contributed by atoms with Gasteiger partial charge in [-0.2, -0.15) is 0 Å². The summed E-state index contributed by atoms with van der Waals surface area (Å²) in [5, 5.41) is 18.8. The van der Waals surface area contributed by atoms with Gasteiger partial charge in [0.05, 0.1) is 6.10 Å². The van der Waals surface area contributed by atoms with Crippen LogP contribution in [0, 0.1) is 17.3 Å². The van der Waals surface area contributed by atoms with Gasteiger partial charge < -0.3 is 10.2 Å². The van der Waals surface area contributed by atoms with Crippen molar-refractivity contribution < 1.29 is 10.2 Å². The molecule has 2 N–H and O–H groups in total. The quantitative estimate of drug-likeness (QED) is 0.628. The molecule has 0 aliphatic heterocycles. The summed E-state index contributed by atoms with van der Waals surface area (Å²) in [5.41, 5.74) is 0.188. The third-order valence-corrected chi connectivity index (χ3v) is 3.53. The fourth-order valence-electron chi connectivity index (χ4n) is 2.36. The van der Waals surface area contributed by atoms with Gasteiger partial charge in [0.2, 0.25) is 0 Å². The van der Waals surface area contributed by atoms with Crippen LogP contribution < -0.4 is 0 Å². The van der Waals surface area contributed by atoms with Crippen LogP contribution in [0.3, 0.4) is 0 Å². The zero-order chi connectivity index (χ0) is 9.35. The molecule has 1 rings (SSSR count). The molecule has 3 atom stereocenters. The van der Waals surface area contributed by atoms with E-state index in [-0.39, 0.29) is 30.0 Å². The van der Waals surface area contributed by atoms with Gasteiger partial charge in [-0.1, -0.05) is 20.8 Å². The third-order valence-electron chi connectivity index (χ3n) is 3.53. The Balaban J connectivity index is 2.72. The molecule has 0 aromatic carbocycles. The van der Waals surface area contributed by atoms with E-state index < -0.39 is 0 Å². The molecule has 2 nitrogen and oxygen atoms in total. The van der Waals surface area contributed by atoms with E-state index in [1.54, 1.807) is 0 Å². The fourth-order valence-corrected chi connectivity index (χ4v) is 2.36. The van der Waals surface area contributed by atoms with Crippen molar-refractivity contribution in [3.05, 3.63) is 0 Å². The van der Waals surface area contributed by atoms with E-state index in [0.29, 0.717) is 0 Å². The molecule has 1 aliphatic carbocycles. The zero-order valence-corrected chi connectivity index (χ0v) is 8.25. The van der Waals surface area contributed by atoms with Crippen molar-refractivity contribution in [3.63, 3.8) is 0 Å². The van der Waals surface area contributed by atoms with E-state index in [1.165, 1.54) is 0 Å².